The predicted octanol–water partition coefficient (Wildman–Crippen LogP) is 3.40. The average Bonchev–Trinajstić information content (AvgIpc) is 3.08. The Morgan fingerprint density at radius 3 is 2.88 bits per heavy atom. The van der Waals surface area contributed by atoms with Crippen LogP contribution >= 0.6 is 11.6 Å². The van der Waals surface area contributed by atoms with Crippen LogP contribution < -0.4 is 10.6 Å². The van der Waals surface area contributed by atoms with E-state index in [0.29, 0.717) is 5.92 Å². The highest BCUT2D eigenvalue weighted by molar-refractivity contribution is 6.31. The third-order valence-electron chi connectivity index (χ3n) is 2.89. The van der Waals surface area contributed by atoms with E-state index in [-0.39, 0.29) is 16.8 Å². The molecule has 1 aliphatic carbocycles. The van der Waals surface area contributed by atoms with Gasteiger partial charge in [-0.2, -0.15) is 0 Å². The summed E-state index contributed by atoms with van der Waals surface area (Å²) in [5.74, 6) is -0.0478. The van der Waals surface area contributed by atoms with Gasteiger partial charge >= 0.3 is 6.03 Å². The van der Waals surface area contributed by atoms with E-state index >= 15 is 0 Å². The molecular formula is C12H14ClFN2O. The number of urea groups is 1. The Bertz CT molecular complexity index is 435. The van der Waals surface area contributed by atoms with Gasteiger partial charge in [-0.15, -0.1) is 0 Å². The zero-order valence-electron chi connectivity index (χ0n) is 9.47. The molecule has 0 heterocycles. The number of carbonyl (C=O) groups excluding carboxylic acids is 1. The molecule has 0 spiro atoms. The molecule has 1 unspecified atom stereocenters. The molecule has 92 valence electrons. The number of carbonyl (C=O) groups is 1. The molecule has 1 aromatic rings. The van der Waals surface area contributed by atoms with Crippen LogP contribution in [0.3, 0.4) is 0 Å². The summed E-state index contributed by atoms with van der Waals surface area (Å²) in [7, 11) is 0. The van der Waals surface area contributed by atoms with Crippen molar-refractivity contribution in [3.05, 3.63) is 29.0 Å². The molecule has 2 rings (SSSR count). The van der Waals surface area contributed by atoms with Crippen molar-refractivity contribution in [1.29, 1.82) is 0 Å². The highest BCUT2D eigenvalue weighted by atomic mass is 35.5. The lowest BCUT2D eigenvalue weighted by molar-refractivity contribution is 0.248. The van der Waals surface area contributed by atoms with Gasteiger partial charge in [0.15, 0.2) is 5.82 Å². The highest BCUT2D eigenvalue weighted by Gasteiger charge is 2.28. The maximum Gasteiger partial charge on any atom is 0.319 e. The van der Waals surface area contributed by atoms with Crippen molar-refractivity contribution < 1.29 is 9.18 Å². The predicted molar refractivity (Wildman–Crippen MR) is 65.8 cm³/mol. The Morgan fingerprint density at radius 2 is 2.24 bits per heavy atom. The first-order valence-corrected chi connectivity index (χ1v) is 5.97. The molecular weight excluding hydrogens is 243 g/mol. The molecule has 0 saturated heterocycles. The lowest BCUT2D eigenvalue weighted by atomic mass is 10.2. The Balaban J connectivity index is 1.95. The molecule has 5 heteroatoms. The number of halogens is 2. The molecule has 3 nitrogen and oxygen atoms in total. The highest BCUT2D eigenvalue weighted by Crippen LogP contribution is 2.32. The van der Waals surface area contributed by atoms with Crippen molar-refractivity contribution in [3.8, 4) is 0 Å². The summed E-state index contributed by atoms with van der Waals surface area (Å²) in [6.45, 7) is 1.95. The summed E-state index contributed by atoms with van der Waals surface area (Å²) in [6, 6.07) is 4.23. The zero-order chi connectivity index (χ0) is 12.4. The Morgan fingerprint density at radius 1 is 1.53 bits per heavy atom. The Kier molecular flexibility index (Phi) is 3.52. The lowest BCUT2D eigenvalue weighted by Gasteiger charge is -2.14. The third-order valence-corrected chi connectivity index (χ3v) is 3.18. The van der Waals surface area contributed by atoms with Crippen molar-refractivity contribution in [2.75, 3.05) is 5.32 Å². The van der Waals surface area contributed by atoms with Crippen LogP contribution in [0.5, 0.6) is 0 Å². The summed E-state index contributed by atoms with van der Waals surface area (Å²) < 4.78 is 13.5. The zero-order valence-corrected chi connectivity index (χ0v) is 10.2. The first-order valence-electron chi connectivity index (χ1n) is 5.59. The monoisotopic (exact) mass is 256 g/mol. The molecule has 17 heavy (non-hydrogen) atoms. The van der Waals surface area contributed by atoms with Crippen LogP contribution in [0.4, 0.5) is 14.9 Å². The van der Waals surface area contributed by atoms with Crippen molar-refractivity contribution in [3.63, 3.8) is 0 Å². The Labute approximate surface area is 104 Å². The fourth-order valence-corrected chi connectivity index (χ4v) is 1.85. The van der Waals surface area contributed by atoms with Gasteiger partial charge in [0.2, 0.25) is 0 Å². The quantitative estimate of drug-likeness (QED) is 0.855. The first kappa shape index (κ1) is 12.2. The normalized spacial score (nSPS) is 16.4. The summed E-state index contributed by atoms with van der Waals surface area (Å²) in [5, 5.41) is 5.23. The van der Waals surface area contributed by atoms with Gasteiger partial charge in [-0.1, -0.05) is 17.7 Å². The van der Waals surface area contributed by atoms with Gasteiger partial charge in [0.05, 0.1) is 10.7 Å². The molecule has 1 aliphatic rings. The maximum atomic E-state index is 13.5. The minimum absolute atomic E-state index is 0.00181. The van der Waals surface area contributed by atoms with Gasteiger partial charge < -0.3 is 10.6 Å². The number of anilines is 1. The van der Waals surface area contributed by atoms with Gasteiger partial charge in [0, 0.05) is 6.04 Å². The van der Waals surface area contributed by atoms with Gasteiger partial charge in [0.1, 0.15) is 0 Å². The largest absolute Gasteiger partial charge is 0.335 e. The van der Waals surface area contributed by atoms with E-state index in [2.05, 4.69) is 10.6 Å². The molecule has 0 aromatic heterocycles. The summed E-state index contributed by atoms with van der Waals surface area (Å²) in [4.78, 5) is 11.6. The first-order chi connectivity index (χ1) is 8.08. The second kappa shape index (κ2) is 4.92. The van der Waals surface area contributed by atoms with Crippen molar-refractivity contribution in [2.45, 2.75) is 25.8 Å². The molecule has 2 amide bonds. The maximum absolute atomic E-state index is 13.5. The van der Waals surface area contributed by atoms with E-state index in [9.17, 15) is 9.18 Å². The Hall–Kier alpha value is -1.29. The average molecular weight is 257 g/mol. The summed E-state index contributed by atoms with van der Waals surface area (Å²) in [6.07, 6.45) is 2.29. The summed E-state index contributed by atoms with van der Waals surface area (Å²) >= 11 is 5.62. The second-order valence-corrected chi connectivity index (χ2v) is 4.73. The van der Waals surface area contributed by atoms with E-state index in [1.807, 2.05) is 6.92 Å². The SMILES string of the molecule is CC(NC(=O)Nc1cccc(Cl)c1F)C1CC1. The van der Waals surface area contributed by atoms with E-state index in [0.717, 1.165) is 12.8 Å². The van der Waals surface area contributed by atoms with Crippen molar-refractivity contribution in [1.82, 2.24) is 5.32 Å². The minimum Gasteiger partial charge on any atom is -0.335 e. The van der Waals surface area contributed by atoms with E-state index < -0.39 is 11.8 Å². The van der Waals surface area contributed by atoms with Crippen LogP contribution in [0.2, 0.25) is 5.02 Å². The molecule has 0 radical (unpaired) electrons. The molecule has 2 N–H and O–H groups in total. The number of hydrogen-bond acceptors (Lipinski definition) is 1. The van der Waals surface area contributed by atoms with Crippen molar-refractivity contribution >= 4 is 23.3 Å². The van der Waals surface area contributed by atoms with Gasteiger partial charge in [-0.3, -0.25) is 0 Å². The van der Waals surface area contributed by atoms with Crippen LogP contribution in [0.15, 0.2) is 18.2 Å². The van der Waals surface area contributed by atoms with Crippen LogP contribution in [-0.2, 0) is 0 Å². The molecule has 0 bridgehead atoms. The van der Waals surface area contributed by atoms with Gasteiger partial charge in [-0.25, -0.2) is 9.18 Å². The van der Waals surface area contributed by atoms with E-state index in [1.54, 1.807) is 6.07 Å². The molecule has 1 aromatic carbocycles. The van der Waals surface area contributed by atoms with Crippen LogP contribution in [0.1, 0.15) is 19.8 Å². The number of hydrogen-bond donors (Lipinski definition) is 2. The van der Waals surface area contributed by atoms with Crippen LogP contribution in [0.25, 0.3) is 0 Å². The molecule has 1 saturated carbocycles. The second-order valence-electron chi connectivity index (χ2n) is 4.33. The van der Waals surface area contributed by atoms with Gasteiger partial charge in [-0.05, 0) is 37.8 Å². The fraction of sp³-hybridized carbons (Fsp3) is 0.417. The number of rotatable bonds is 3. The lowest BCUT2D eigenvalue weighted by Crippen LogP contribution is -2.37. The van der Waals surface area contributed by atoms with Crippen molar-refractivity contribution in [2.24, 2.45) is 5.92 Å². The van der Waals surface area contributed by atoms with Crippen LogP contribution in [-0.4, -0.2) is 12.1 Å². The number of nitrogens with one attached hydrogen (secondary N) is 2. The topological polar surface area (TPSA) is 41.1 Å². The van der Waals surface area contributed by atoms with Crippen LogP contribution in [0, 0.1) is 11.7 Å². The van der Waals surface area contributed by atoms with E-state index in [1.165, 1.54) is 12.1 Å². The molecule has 1 fully saturated rings. The minimum atomic E-state index is -0.608. The number of amides is 2. The molecule has 1 atom stereocenters. The van der Waals surface area contributed by atoms with E-state index in [4.69, 9.17) is 11.6 Å². The number of benzene rings is 1. The smallest absolute Gasteiger partial charge is 0.319 e. The fourth-order valence-electron chi connectivity index (χ4n) is 1.68. The standard InChI is InChI=1S/C12H14ClFN2O/c1-7(8-5-6-8)15-12(17)16-10-4-2-3-9(13)11(10)14/h2-4,7-8H,5-6H2,1H3,(H2,15,16,17). The van der Waals surface area contributed by atoms with Gasteiger partial charge in [0.25, 0.3) is 0 Å². The summed E-state index contributed by atoms with van der Waals surface area (Å²) in [5.41, 5.74) is 0.0954. The molecule has 0 aliphatic heterocycles. The third kappa shape index (κ3) is 3.09.